The summed E-state index contributed by atoms with van der Waals surface area (Å²) in [4.78, 5) is 39.5. The normalized spacial score (nSPS) is 24.2. The second-order valence-electron chi connectivity index (χ2n) is 9.16. The summed E-state index contributed by atoms with van der Waals surface area (Å²) in [6.45, 7) is 1.01. The Kier molecular flexibility index (Phi) is 6.23. The Labute approximate surface area is 196 Å². The third kappa shape index (κ3) is 4.91. The zero-order chi connectivity index (χ0) is 23.7. The molecule has 10 heteroatoms. The van der Waals surface area contributed by atoms with Crippen molar-refractivity contribution in [3.05, 3.63) is 41.8 Å². The Balaban J connectivity index is 1.25. The Morgan fingerprint density at radius 1 is 1.18 bits per heavy atom. The number of benzene rings is 1. The highest BCUT2D eigenvalue weighted by Crippen LogP contribution is 2.33. The van der Waals surface area contributed by atoms with Gasteiger partial charge in [-0.3, -0.25) is 14.4 Å². The number of carbonyl (C=O) groups is 3. The van der Waals surface area contributed by atoms with E-state index in [0.717, 1.165) is 6.54 Å². The van der Waals surface area contributed by atoms with Crippen LogP contribution < -0.4 is 15.4 Å². The fourth-order valence-corrected chi connectivity index (χ4v) is 4.49. The number of carbonyl (C=O) groups excluding carboxylic acids is 3. The highest BCUT2D eigenvalue weighted by Gasteiger charge is 2.39. The first kappa shape index (κ1) is 22.4. The SMILES string of the molecule is CN1C(=O)c2cc(NC(=O)c3ccno3)ccc2OC[C@H]2O[C@@H](CC(=O)NCC3CC3)CC[C@@H]21. The van der Waals surface area contributed by atoms with Crippen LogP contribution in [-0.4, -0.2) is 66.2 Å². The van der Waals surface area contributed by atoms with Crippen LogP contribution in [0.4, 0.5) is 5.69 Å². The van der Waals surface area contributed by atoms with Crippen LogP contribution in [-0.2, 0) is 9.53 Å². The lowest BCUT2D eigenvalue weighted by molar-refractivity contribution is -0.134. The first-order chi connectivity index (χ1) is 16.5. The van der Waals surface area contributed by atoms with Crippen molar-refractivity contribution in [2.45, 2.75) is 50.4 Å². The minimum Gasteiger partial charge on any atom is -0.490 e. The Morgan fingerprint density at radius 3 is 2.79 bits per heavy atom. The molecule has 5 rings (SSSR count). The van der Waals surface area contributed by atoms with Crippen molar-refractivity contribution in [2.24, 2.45) is 5.92 Å². The van der Waals surface area contributed by atoms with Crippen molar-refractivity contribution in [3.8, 4) is 5.75 Å². The summed E-state index contributed by atoms with van der Waals surface area (Å²) >= 11 is 0. The lowest BCUT2D eigenvalue weighted by Gasteiger charge is -2.42. The van der Waals surface area contributed by atoms with Gasteiger partial charge in [0.2, 0.25) is 11.7 Å². The van der Waals surface area contributed by atoms with Crippen LogP contribution in [0.5, 0.6) is 5.75 Å². The Morgan fingerprint density at radius 2 is 2.03 bits per heavy atom. The average molecular weight is 469 g/mol. The molecule has 0 bridgehead atoms. The third-order valence-corrected chi connectivity index (χ3v) is 6.63. The van der Waals surface area contributed by atoms with E-state index in [1.165, 1.54) is 25.1 Å². The number of aromatic nitrogens is 1. The molecule has 0 unspecified atom stereocenters. The fourth-order valence-electron chi connectivity index (χ4n) is 4.49. The van der Waals surface area contributed by atoms with Crippen LogP contribution in [0.25, 0.3) is 0 Å². The van der Waals surface area contributed by atoms with E-state index in [1.54, 1.807) is 30.1 Å². The van der Waals surface area contributed by atoms with Gasteiger partial charge < -0.3 is 29.5 Å². The van der Waals surface area contributed by atoms with Gasteiger partial charge in [-0.05, 0) is 49.8 Å². The molecule has 1 saturated carbocycles. The van der Waals surface area contributed by atoms with E-state index >= 15 is 0 Å². The van der Waals surface area contributed by atoms with E-state index in [1.807, 2.05) is 0 Å². The number of nitrogens with zero attached hydrogens (tertiary/aromatic N) is 2. The maximum atomic E-state index is 13.3. The molecule has 1 saturated heterocycles. The number of hydrogen-bond acceptors (Lipinski definition) is 7. The second kappa shape index (κ2) is 9.46. The van der Waals surface area contributed by atoms with Gasteiger partial charge in [-0.2, -0.15) is 0 Å². The molecule has 2 N–H and O–H groups in total. The van der Waals surface area contributed by atoms with E-state index in [9.17, 15) is 14.4 Å². The van der Waals surface area contributed by atoms with E-state index in [-0.39, 0.29) is 42.4 Å². The summed E-state index contributed by atoms with van der Waals surface area (Å²) in [5, 5.41) is 9.22. The summed E-state index contributed by atoms with van der Waals surface area (Å²) in [7, 11) is 1.75. The van der Waals surface area contributed by atoms with Crippen LogP contribution in [0.1, 0.15) is 53.0 Å². The molecule has 0 radical (unpaired) electrons. The molecule has 3 aliphatic rings. The van der Waals surface area contributed by atoms with Gasteiger partial charge in [0, 0.05) is 25.3 Å². The highest BCUT2D eigenvalue weighted by molar-refractivity contribution is 6.04. The summed E-state index contributed by atoms with van der Waals surface area (Å²) in [5.74, 6) is 0.458. The van der Waals surface area contributed by atoms with Crippen molar-refractivity contribution in [3.63, 3.8) is 0 Å². The van der Waals surface area contributed by atoms with Gasteiger partial charge in [-0.1, -0.05) is 5.16 Å². The number of amides is 3. The molecule has 2 aliphatic heterocycles. The number of hydrogen-bond donors (Lipinski definition) is 2. The second-order valence-corrected chi connectivity index (χ2v) is 9.16. The van der Waals surface area contributed by atoms with E-state index in [4.69, 9.17) is 14.0 Å². The molecule has 1 aromatic heterocycles. The standard InChI is InChI=1S/C24H28N4O6/c1-28-18-6-5-16(11-22(29)25-12-14-2-3-14)33-21(18)13-32-19-7-4-15(10-17(19)24(28)31)27-23(30)20-8-9-26-34-20/h4,7-10,14,16,18,21H,2-3,5-6,11-13H2,1H3,(H,25,29)(H,27,30)/t16-,18+,21-/m1/s1. The molecule has 10 nitrogen and oxygen atoms in total. The summed E-state index contributed by atoms with van der Waals surface area (Å²) in [6.07, 6.45) is 4.97. The number of ether oxygens (including phenoxy) is 2. The minimum atomic E-state index is -0.460. The molecular formula is C24H28N4O6. The molecule has 34 heavy (non-hydrogen) atoms. The highest BCUT2D eigenvalue weighted by atomic mass is 16.5. The van der Waals surface area contributed by atoms with Crippen molar-refractivity contribution in [2.75, 3.05) is 25.5 Å². The Bertz CT molecular complexity index is 1070. The van der Waals surface area contributed by atoms with Gasteiger partial charge in [0.1, 0.15) is 18.5 Å². The maximum absolute atomic E-state index is 13.3. The van der Waals surface area contributed by atoms with Gasteiger partial charge in [0.05, 0.1) is 30.3 Å². The number of anilines is 1. The van der Waals surface area contributed by atoms with E-state index in [0.29, 0.717) is 42.2 Å². The number of likely N-dealkylation sites (N-methyl/N-ethyl adjacent to an activating group) is 1. The van der Waals surface area contributed by atoms with E-state index in [2.05, 4.69) is 15.8 Å². The van der Waals surface area contributed by atoms with Crippen LogP contribution in [0.3, 0.4) is 0 Å². The lowest BCUT2D eigenvalue weighted by Crippen LogP contribution is -2.54. The van der Waals surface area contributed by atoms with Crippen molar-refractivity contribution >= 4 is 23.4 Å². The van der Waals surface area contributed by atoms with Crippen LogP contribution in [0, 0.1) is 5.92 Å². The molecule has 180 valence electrons. The number of nitrogens with one attached hydrogen (secondary N) is 2. The zero-order valence-electron chi connectivity index (χ0n) is 19.0. The third-order valence-electron chi connectivity index (χ3n) is 6.63. The average Bonchev–Trinajstić information content (AvgIpc) is 3.50. The van der Waals surface area contributed by atoms with Crippen LogP contribution >= 0.6 is 0 Å². The van der Waals surface area contributed by atoms with E-state index < -0.39 is 5.91 Å². The Hall–Kier alpha value is -3.40. The minimum absolute atomic E-state index is 0.0109. The molecule has 2 aromatic rings. The smallest absolute Gasteiger partial charge is 0.294 e. The van der Waals surface area contributed by atoms with Crippen molar-refractivity contribution < 1.29 is 28.4 Å². The van der Waals surface area contributed by atoms with Crippen LogP contribution in [0.2, 0.25) is 0 Å². The number of rotatable bonds is 6. The molecule has 2 fully saturated rings. The predicted molar refractivity (Wildman–Crippen MR) is 121 cm³/mol. The van der Waals surface area contributed by atoms with Crippen molar-refractivity contribution in [1.82, 2.24) is 15.4 Å². The predicted octanol–water partition coefficient (Wildman–Crippen LogP) is 2.22. The maximum Gasteiger partial charge on any atom is 0.294 e. The molecular weight excluding hydrogens is 440 g/mol. The summed E-state index contributed by atoms with van der Waals surface area (Å²) in [6, 6.07) is 6.20. The largest absolute Gasteiger partial charge is 0.490 e. The molecule has 3 atom stereocenters. The molecule has 3 heterocycles. The monoisotopic (exact) mass is 468 g/mol. The molecule has 1 aliphatic carbocycles. The zero-order valence-corrected chi connectivity index (χ0v) is 19.0. The molecule has 1 aromatic carbocycles. The first-order valence-electron chi connectivity index (χ1n) is 11.7. The summed E-state index contributed by atoms with van der Waals surface area (Å²) < 4.78 is 17.1. The fraction of sp³-hybridized carbons (Fsp3) is 0.500. The van der Waals surface area contributed by atoms with Crippen molar-refractivity contribution in [1.29, 1.82) is 0 Å². The van der Waals surface area contributed by atoms with Crippen LogP contribution in [0.15, 0.2) is 35.0 Å². The molecule has 0 spiro atoms. The lowest BCUT2D eigenvalue weighted by atomic mass is 9.94. The first-order valence-corrected chi connectivity index (χ1v) is 11.7. The van der Waals surface area contributed by atoms with Gasteiger partial charge in [0.15, 0.2) is 0 Å². The van der Waals surface area contributed by atoms with Gasteiger partial charge >= 0.3 is 0 Å². The number of fused-ring (bicyclic) bond motifs is 2. The van der Waals surface area contributed by atoms with Gasteiger partial charge in [-0.15, -0.1) is 0 Å². The van der Waals surface area contributed by atoms with Gasteiger partial charge in [-0.25, -0.2) is 0 Å². The molecule has 3 amide bonds. The van der Waals surface area contributed by atoms with Gasteiger partial charge in [0.25, 0.3) is 11.8 Å². The topological polar surface area (TPSA) is 123 Å². The summed E-state index contributed by atoms with van der Waals surface area (Å²) in [5.41, 5.74) is 0.803. The quantitative estimate of drug-likeness (QED) is 0.666.